The molecule has 0 N–H and O–H groups in total. The zero-order chi connectivity index (χ0) is 11.8. The van der Waals surface area contributed by atoms with Crippen molar-refractivity contribution in [2.75, 3.05) is 12.4 Å². The summed E-state index contributed by atoms with van der Waals surface area (Å²) in [6.07, 6.45) is 1.75. The molecule has 1 aromatic rings. The maximum atomic E-state index is 11.0. The van der Waals surface area contributed by atoms with Gasteiger partial charge in [0.05, 0.1) is 0 Å². The van der Waals surface area contributed by atoms with Crippen LogP contribution in [0, 0.1) is 0 Å². The molecule has 0 amide bonds. The van der Waals surface area contributed by atoms with Crippen LogP contribution in [0.4, 0.5) is 0 Å². The van der Waals surface area contributed by atoms with Gasteiger partial charge in [-0.1, -0.05) is 30.9 Å². The molecule has 94 valence electrons. The molecule has 0 aromatic carbocycles. The van der Waals surface area contributed by atoms with Crippen LogP contribution in [0.5, 0.6) is 0 Å². The lowest BCUT2D eigenvalue weighted by atomic mass is 10.4. The summed E-state index contributed by atoms with van der Waals surface area (Å²) in [7, 11) is 3.18. The third kappa shape index (κ3) is 7.07. The molecule has 0 atom stereocenters. The first-order chi connectivity index (χ1) is 7.70. The molecule has 0 aliphatic rings. The molecule has 0 saturated heterocycles. The molecule has 0 saturated carbocycles. The minimum atomic E-state index is -0.330. The first-order valence-corrected chi connectivity index (χ1v) is 7.05. The van der Waals surface area contributed by atoms with Crippen molar-refractivity contribution in [3.05, 3.63) is 36.5 Å². The fourth-order valence-corrected chi connectivity index (χ4v) is 2.50. The monoisotopic (exact) mass is 271 g/mol. The first kappa shape index (κ1) is 16.1. The van der Waals surface area contributed by atoms with E-state index in [2.05, 4.69) is 11.6 Å². The van der Waals surface area contributed by atoms with Crippen LogP contribution in [-0.4, -0.2) is 23.3 Å². The number of pyridine rings is 1. The Labute approximate surface area is 110 Å². The molecule has 3 nitrogen and oxygen atoms in total. The quantitative estimate of drug-likeness (QED) is 0.342. The van der Waals surface area contributed by atoms with Gasteiger partial charge in [-0.2, -0.15) is 0 Å². The van der Waals surface area contributed by atoms with Crippen molar-refractivity contribution >= 4 is 27.6 Å². The van der Waals surface area contributed by atoms with Gasteiger partial charge in [0.25, 0.3) is 0 Å². The first-order valence-electron chi connectivity index (χ1n) is 4.73. The number of carbonyl (C=O) groups excluding carboxylic acids is 1. The Balaban J connectivity index is 0.00000256. The average Bonchev–Trinajstić information content (AvgIpc) is 2.29. The molecule has 17 heavy (non-hydrogen) atoms. The minimum absolute atomic E-state index is 0. The van der Waals surface area contributed by atoms with Gasteiger partial charge in [-0.3, -0.25) is 0 Å². The summed E-state index contributed by atoms with van der Waals surface area (Å²) in [4.78, 5) is 15.2. The smallest absolute Gasteiger partial charge is 0.333 e. The predicted molar refractivity (Wildman–Crippen MR) is 75.1 cm³/mol. The zero-order valence-corrected chi connectivity index (χ0v) is 10.6. The van der Waals surface area contributed by atoms with E-state index in [-0.39, 0.29) is 13.4 Å². The highest BCUT2D eigenvalue weighted by Crippen LogP contribution is 2.28. The van der Waals surface area contributed by atoms with Gasteiger partial charge in [0, 0.05) is 17.5 Å². The molecule has 0 aliphatic carbocycles. The van der Waals surface area contributed by atoms with E-state index in [1.165, 1.54) is 0 Å². The van der Waals surface area contributed by atoms with Crippen LogP contribution in [0.1, 0.15) is 14.4 Å². The van der Waals surface area contributed by atoms with Crippen molar-refractivity contribution in [1.29, 1.82) is 0 Å². The Morgan fingerprint density at radius 1 is 1.53 bits per heavy atom. The zero-order valence-electron chi connectivity index (χ0n) is 9.01. The molecule has 0 bridgehead atoms. The van der Waals surface area contributed by atoms with Crippen molar-refractivity contribution < 1.29 is 9.53 Å². The van der Waals surface area contributed by atoms with Crippen LogP contribution in [0.15, 0.2) is 41.6 Å². The number of hydrogen-bond donors (Lipinski definition) is 0. The third-order valence-corrected chi connectivity index (χ3v) is 3.76. The highest BCUT2D eigenvalue weighted by atomic mass is 33.1. The van der Waals surface area contributed by atoms with E-state index >= 15 is 0 Å². The number of rotatable bonds is 6. The van der Waals surface area contributed by atoms with E-state index < -0.39 is 0 Å². The van der Waals surface area contributed by atoms with Gasteiger partial charge in [-0.05, 0) is 29.9 Å². The Kier molecular flexibility index (Phi) is 8.62. The van der Waals surface area contributed by atoms with Gasteiger partial charge < -0.3 is 4.74 Å². The van der Waals surface area contributed by atoms with Gasteiger partial charge in [-0.15, -0.1) is 0 Å². The minimum Gasteiger partial charge on any atom is -0.461 e. The molecule has 0 fully saturated rings. The lowest BCUT2D eigenvalue weighted by Gasteiger charge is -2.03. The molecule has 1 heterocycles. The molecular weight excluding hydrogens is 254 g/mol. The van der Waals surface area contributed by atoms with Crippen molar-refractivity contribution in [2.24, 2.45) is 0 Å². The molecular formula is C12H17NO2S2. The largest absolute Gasteiger partial charge is 0.461 e. The Bertz CT molecular complexity index is 355. The summed E-state index contributed by atoms with van der Waals surface area (Å²) in [6.45, 7) is 5.54. The SMILES string of the molecule is C.C=C(C)C(=O)OCCSSc1ccccn1. The van der Waals surface area contributed by atoms with E-state index in [0.717, 1.165) is 10.8 Å². The van der Waals surface area contributed by atoms with E-state index in [1.54, 1.807) is 34.7 Å². The van der Waals surface area contributed by atoms with Crippen molar-refractivity contribution in [3.63, 3.8) is 0 Å². The van der Waals surface area contributed by atoms with Crippen LogP contribution < -0.4 is 0 Å². The van der Waals surface area contributed by atoms with Crippen LogP contribution in [0.3, 0.4) is 0 Å². The normalized spacial score (nSPS) is 9.24. The van der Waals surface area contributed by atoms with Crippen LogP contribution in [0.2, 0.25) is 0 Å². The van der Waals surface area contributed by atoms with Gasteiger partial charge in [0.15, 0.2) is 0 Å². The molecule has 0 radical (unpaired) electrons. The second-order valence-electron chi connectivity index (χ2n) is 2.99. The Morgan fingerprint density at radius 2 is 2.29 bits per heavy atom. The van der Waals surface area contributed by atoms with Gasteiger partial charge >= 0.3 is 5.97 Å². The van der Waals surface area contributed by atoms with Gasteiger partial charge in [0.1, 0.15) is 11.6 Å². The van der Waals surface area contributed by atoms with Crippen molar-refractivity contribution in [1.82, 2.24) is 4.98 Å². The summed E-state index contributed by atoms with van der Waals surface area (Å²) in [5.41, 5.74) is 0.433. The number of hydrogen-bond acceptors (Lipinski definition) is 5. The molecule has 1 rings (SSSR count). The van der Waals surface area contributed by atoms with Crippen LogP contribution in [-0.2, 0) is 9.53 Å². The second kappa shape index (κ2) is 9.13. The molecule has 1 aromatic heterocycles. The second-order valence-corrected chi connectivity index (χ2v) is 5.43. The maximum Gasteiger partial charge on any atom is 0.333 e. The molecule has 0 spiro atoms. The number of aromatic nitrogens is 1. The highest BCUT2D eigenvalue weighted by molar-refractivity contribution is 8.76. The summed E-state index contributed by atoms with van der Waals surface area (Å²) in [6, 6.07) is 5.76. The van der Waals surface area contributed by atoms with Gasteiger partial charge in [0.2, 0.25) is 0 Å². The predicted octanol–water partition coefficient (Wildman–Crippen LogP) is 3.58. The fraction of sp³-hybridized carbons (Fsp3) is 0.333. The van der Waals surface area contributed by atoms with Crippen molar-refractivity contribution in [2.45, 2.75) is 19.4 Å². The fourth-order valence-electron chi connectivity index (χ4n) is 0.790. The molecule has 0 aliphatic heterocycles. The summed E-state index contributed by atoms with van der Waals surface area (Å²) in [5.74, 6) is 0.406. The van der Waals surface area contributed by atoms with Crippen molar-refractivity contribution in [3.8, 4) is 0 Å². The standard InChI is InChI=1S/C11H13NO2S2.CH4/c1-9(2)11(13)14-7-8-15-16-10-5-3-4-6-12-10;/h3-6H,1,7-8H2,2H3;1H4. The van der Waals surface area contributed by atoms with E-state index in [1.807, 2.05) is 18.2 Å². The third-order valence-electron chi connectivity index (χ3n) is 1.53. The topological polar surface area (TPSA) is 39.2 Å². The Hall–Kier alpha value is -0.940. The number of carbonyl (C=O) groups is 1. The lowest BCUT2D eigenvalue weighted by Crippen LogP contribution is -2.07. The number of esters is 1. The number of ether oxygens (including phenoxy) is 1. The van der Waals surface area contributed by atoms with Crippen LogP contribution >= 0.6 is 21.6 Å². The maximum absolute atomic E-state index is 11.0. The van der Waals surface area contributed by atoms with E-state index in [9.17, 15) is 4.79 Å². The lowest BCUT2D eigenvalue weighted by molar-refractivity contribution is -0.138. The summed E-state index contributed by atoms with van der Waals surface area (Å²) in [5, 5.41) is 0.957. The number of nitrogens with zero attached hydrogens (tertiary/aromatic N) is 1. The van der Waals surface area contributed by atoms with Gasteiger partial charge in [-0.25, -0.2) is 9.78 Å². The summed E-state index contributed by atoms with van der Waals surface area (Å²) < 4.78 is 4.95. The van der Waals surface area contributed by atoms with E-state index in [4.69, 9.17) is 4.74 Å². The van der Waals surface area contributed by atoms with Crippen LogP contribution in [0.25, 0.3) is 0 Å². The highest BCUT2D eigenvalue weighted by Gasteiger charge is 2.02. The molecule has 5 heteroatoms. The summed E-state index contributed by atoms with van der Waals surface area (Å²) >= 11 is 0. The average molecular weight is 271 g/mol. The van der Waals surface area contributed by atoms with E-state index in [0.29, 0.717) is 12.2 Å². The molecule has 0 unspecified atom stereocenters. The Morgan fingerprint density at radius 3 is 2.88 bits per heavy atom.